The first kappa shape index (κ1) is 16.7. The third kappa shape index (κ3) is 2.96. The SMILES string of the molecule is O=C(Nc1cccc(Br)c1)[C@H]1CC(=O)N(c2n[nH]c3cccc(F)c23)C1. The molecule has 2 N–H and O–H groups in total. The van der Waals surface area contributed by atoms with E-state index in [0.717, 1.165) is 4.47 Å². The summed E-state index contributed by atoms with van der Waals surface area (Å²) in [5, 5.41) is 9.87. The molecule has 6 nitrogen and oxygen atoms in total. The first-order valence-electron chi connectivity index (χ1n) is 8.02. The maximum atomic E-state index is 14.2. The zero-order valence-corrected chi connectivity index (χ0v) is 15.1. The predicted molar refractivity (Wildman–Crippen MR) is 99.3 cm³/mol. The molecule has 0 aliphatic carbocycles. The van der Waals surface area contributed by atoms with E-state index in [2.05, 4.69) is 31.4 Å². The molecular weight excluding hydrogens is 403 g/mol. The number of nitrogens with zero attached hydrogens (tertiary/aromatic N) is 2. The van der Waals surface area contributed by atoms with Crippen LogP contribution in [0.25, 0.3) is 10.9 Å². The maximum Gasteiger partial charge on any atom is 0.229 e. The van der Waals surface area contributed by atoms with Crippen LogP contribution in [0, 0.1) is 11.7 Å². The maximum absolute atomic E-state index is 14.2. The molecule has 4 rings (SSSR count). The fourth-order valence-electron chi connectivity index (χ4n) is 3.11. The summed E-state index contributed by atoms with van der Waals surface area (Å²) in [4.78, 5) is 26.3. The number of rotatable bonds is 3. The molecule has 0 spiro atoms. The summed E-state index contributed by atoms with van der Waals surface area (Å²) >= 11 is 3.35. The Labute approximate surface area is 156 Å². The molecule has 1 aliphatic rings. The highest BCUT2D eigenvalue weighted by atomic mass is 79.9. The van der Waals surface area contributed by atoms with Gasteiger partial charge in [-0.2, -0.15) is 5.10 Å². The van der Waals surface area contributed by atoms with Crippen molar-refractivity contribution < 1.29 is 14.0 Å². The number of carbonyl (C=O) groups excluding carboxylic acids is 2. The summed E-state index contributed by atoms with van der Waals surface area (Å²) in [6.45, 7) is 0.160. The predicted octanol–water partition coefficient (Wildman–Crippen LogP) is 3.46. The molecular formula is C18H14BrFN4O2. The number of hydrogen-bond donors (Lipinski definition) is 2. The Balaban J connectivity index is 1.56. The van der Waals surface area contributed by atoms with Crippen LogP contribution in [0.1, 0.15) is 6.42 Å². The van der Waals surface area contributed by atoms with Gasteiger partial charge >= 0.3 is 0 Å². The van der Waals surface area contributed by atoms with Crippen molar-refractivity contribution in [3.05, 3.63) is 52.8 Å². The number of aromatic nitrogens is 2. The van der Waals surface area contributed by atoms with E-state index in [4.69, 9.17) is 0 Å². The first-order valence-corrected chi connectivity index (χ1v) is 8.81. The van der Waals surface area contributed by atoms with Gasteiger partial charge in [-0.1, -0.05) is 28.1 Å². The van der Waals surface area contributed by atoms with E-state index in [1.54, 1.807) is 24.3 Å². The molecule has 1 fully saturated rings. The molecule has 1 saturated heterocycles. The average molecular weight is 417 g/mol. The smallest absolute Gasteiger partial charge is 0.229 e. The quantitative estimate of drug-likeness (QED) is 0.686. The number of nitrogens with one attached hydrogen (secondary N) is 2. The molecule has 1 aliphatic heterocycles. The second kappa shape index (κ2) is 6.53. The van der Waals surface area contributed by atoms with Crippen LogP contribution in [0.4, 0.5) is 15.9 Å². The lowest BCUT2D eigenvalue weighted by molar-refractivity contribution is -0.122. The monoisotopic (exact) mass is 416 g/mol. The van der Waals surface area contributed by atoms with Gasteiger partial charge in [-0.3, -0.25) is 19.6 Å². The van der Waals surface area contributed by atoms with Crippen LogP contribution in [0.3, 0.4) is 0 Å². The topological polar surface area (TPSA) is 78.1 Å². The fraction of sp³-hybridized carbons (Fsp3) is 0.167. The van der Waals surface area contributed by atoms with Gasteiger partial charge < -0.3 is 5.32 Å². The van der Waals surface area contributed by atoms with E-state index < -0.39 is 11.7 Å². The summed E-state index contributed by atoms with van der Waals surface area (Å²) < 4.78 is 15.0. The second-order valence-corrected chi connectivity index (χ2v) is 7.03. The normalized spacial score (nSPS) is 17.1. The van der Waals surface area contributed by atoms with Gasteiger partial charge in [0.2, 0.25) is 11.8 Å². The molecule has 132 valence electrons. The number of halogens is 2. The number of carbonyl (C=O) groups is 2. The van der Waals surface area contributed by atoms with Crippen LogP contribution in [0.2, 0.25) is 0 Å². The van der Waals surface area contributed by atoms with E-state index in [-0.39, 0.29) is 36.0 Å². The molecule has 0 bridgehead atoms. The third-order valence-electron chi connectivity index (χ3n) is 4.36. The second-order valence-electron chi connectivity index (χ2n) is 6.11. The third-order valence-corrected chi connectivity index (χ3v) is 4.86. The van der Waals surface area contributed by atoms with Gasteiger partial charge in [0.15, 0.2) is 5.82 Å². The highest BCUT2D eigenvalue weighted by molar-refractivity contribution is 9.10. The number of hydrogen-bond acceptors (Lipinski definition) is 3. The number of benzene rings is 2. The van der Waals surface area contributed by atoms with E-state index in [1.165, 1.54) is 11.0 Å². The van der Waals surface area contributed by atoms with Crippen molar-refractivity contribution in [2.45, 2.75) is 6.42 Å². The van der Waals surface area contributed by atoms with Gasteiger partial charge in [-0.05, 0) is 30.3 Å². The van der Waals surface area contributed by atoms with Crippen LogP contribution >= 0.6 is 15.9 Å². The Morgan fingerprint density at radius 1 is 1.31 bits per heavy atom. The minimum absolute atomic E-state index is 0.0582. The zero-order chi connectivity index (χ0) is 18.3. The van der Waals surface area contributed by atoms with Crippen LogP contribution in [-0.2, 0) is 9.59 Å². The van der Waals surface area contributed by atoms with Crippen molar-refractivity contribution in [2.75, 3.05) is 16.8 Å². The Kier molecular flexibility index (Phi) is 4.20. The van der Waals surface area contributed by atoms with Gasteiger partial charge in [-0.15, -0.1) is 0 Å². The highest BCUT2D eigenvalue weighted by Crippen LogP contribution is 2.31. The van der Waals surface area contributed by atoms with Crippen molar-refractivity contribution >= 4 is 50.2 Å². The first-order chi connectivity index (χ1) is 12.5. The summed E-state index contributed by atoms with van der Waals surface area (Å²) in [6, 6.07) is 11.8. The molecule has 3 aromatic rings. The largest absolute Gasteiger partial charge is 0.326 e. The Morgan fingerprint density at radius 3 is 2.92 bits per heavy atom. The van der Waals surface area contributed by atoms with Gasteiger partial charge in [0, 0.05) is 23.1 Å². The lowest BCUT2D eigenvalue weighted by atomic mass is 10.1. The number of aromatic amines is 1. The molecule has 2 aromatic carbocycles. The van der Waals surface area contributed by atoms with Crippen LogP contribution < -0.4 is 10.2 Å². The van der Waals surface area contributed by atoms with Crippen LogP contribution in [0.15, 0.2) is 46.9 Å². The Hall–Kier alpha value is -2.74. The molecule has 2 amide bonds. The number of amides is 2. The molecule has 1 aromatic heterocycles. The standard InChI is InChI=1S/C18H14BrFN4O2/c19-11-3-1-4-12(8-11)21-18(26)10-7-15(25)24(9-10)17-16-13(20)5-2-6-14(16)22-23-17/h1-6,8,10H,7,9H2,(H,21,26)(H,22,23)/t10-/m0/s1. The lowest BCUT2D eigenvalue weighted by Gasteiger charge is -2.14. The van der Waals surface area contributed by atoms with Gasteiger partial charge in [0.05, 0.1) is 16.8 Å². The molecule has 26 heavy (non-hydrogen) atoms. The number of H-pyrrole nitrogens is 1. The molecule has 0 saturated carbocycles. The minimum atomic E-state index is -0.528. The van der Waals surface area contributed by atoms with E-state index in [1.807, 2.05) is 12.1 Å². The van der Waals surface area contributed by atoms with Crippen molar-refractivity contribution in [3.63, 3.8) is 0 Å². The highest BCUT2D eigenvalue weighted by Gasteiger charge is 2.37. The van der Waals surface area contributed by atoms with E-state index >= 15 is 0 Å². The Bertz CT molecular complexity index is 1020. The van der Waals surface area contributed by atoms with E-state index in [0.29, 0.717) is 11.2 Å². The summed E-state index contributed by atoms with van der Waals surface area (Å²) in [6.07, 6.45) is 0.0582. The fourth-order valence-corrected chi connectivity index (χ4v) is 3.51. The number of fused-ring (bicyclic) bond motifs is 1. The zero-order valence-electron chi connectivity index (χ0n) is 13.5. The minimum Gasteiger partial charge on any atom is -0.326 e. The van der Waals surface area contributed by atoms with Crippen molar-refractivity contribution in [1.29, 1.82) is 0 Å². The summed E-state index contributed by atoms with van der Waals surface area (Å²) in [5.74, 6) is -1.27. The lowest BCUT2D eigenvalue weighted by Crippen LogP contribution is -2.28. The summed E-state index contributed by atoms with van der Waals surface area (Å²) in [5.41, 5.74) is 1.15. The molecule has 0 unspecified atom stereocenters. The molecule has 0 radical (unpaired) electrons. The van der Waals surface area contributed by atoms with Gasteiger partial charge in [-0.25, -0.2) is 4.39 Å². The Morgan fingerprint density at radius 2 is 2.12 bits per heavy atom. The van der Waals surface area contributed by atoms with E-state index in [9.17, 15) is 14.0 Å². The average Bonchev–Trinajstić information content (AvgIpc) is 3.19. The van der Waals surface area contributed by atoms with Crippen molar-refractivity contribution in [1.82, 2.24) is 10.2 Å². The van der Waals surface area contributed by atoms with Crippen LogP contribution in [-0.4, -0.2) is 28.6 Å². The molecule has 1 atom stereocenters. The van der Waals surface area contributed by atoms with Crippen molar-refractivity contribution in [3.8, 4) is 0 Å². The van der Waals surface area contributed by atoms with Gasteiger partial charge in [0.1, 0.15) is 5.82 Å². The number of anilines is 2. The van der Waals surface area contributed by atoms with Gasteiger partial charge in [0.25, 0.3) is 0 Å². The van der Waals surface area contributed by atoms with Crippen LogP contribution in [0.5, 0.6) is 0 Å². The summed E-state index contributed by atoms with van der Waals surface area (Å²) in [7, 11) is 0. The molecule has 8 heteroatoms. The molecule has 2 heterocycles. The van der Waals surface area contributed by atoms with Crippen molar-refractivity contribution in [2.24, 2.45) is 5.92 Å².